The summed E-state index contributed by atoms with van der Waals surface area (Å²) in [5.74, 6) is 2.32. The van der Waals surface area contributed by atoms with Crippen LogP contribution in [0.1, 0.15) is 27.5 Å². The van der Waals surface area contributed by atoms with Crippen LogP contribution in [0.3, 0.4) is 0 Å². The Morgan fingerprint density at radius 2 is 2.21 bits per heavy atom. The molecule has 0 aliphatic heterocycles. The maximum atomic E-state index is 8.43. The van der Waals surface area contributed by atoms with E-state index < -0.39 is 0 Å². The van der Waals surface area contributed by atoms with E-state index in [2.05, 4.69) is 53.9 Å². The van der Waals surface area contributed by atoms with Crippen molar-refractivity contribution in [3.05, 3.63) is 57.8 Å². The summed E-state index contributed by atoms with van der Waals surface area (Å²) >= 11 is 3.59. The van der Waals surface area contributed by atoms with Crippen molar-refractivity contribution >= 4 is 29.1 Å². The number of thioether (sulfide) groups is 1. The third-order valence-corrected chi connectivity index (χ3v) is 5.98. The van der Waals surface area contributed by atoms with Gasteiger partial charge in [0, 0.05) is 54.0 Å². The molecule has 0 fully saturated rings. The molecule has 0 atom stereocenters. The SMILES string of the molecule is CN=C(NC#N)NCCSCc1nc[nH]c1C.Cc1ccsc1Cc1cnc[nH]1. The Bertz CT molecular complexity index is 905. The highest BCUT2D eigenvalue weighted by molar-refractivity contribution is 7.98. The third kappa shape index (κ3) is 8.01. The highest BCUT2D eigenvalue weighted by Crippen LogP contribution is 2.18. The Morgan fingerprint density at radius 1 is 1.34 bits per heavy atom. The summed E-state index contributed by atoms with van der Waals surface area (Å²) in [6.45, 7) is 4.91. The average Bonchev–Trinajstić information content (AvgIpc) is 3.46. The van der Waals surface area contributed by atoms with Crippen molar-refractivity contribution in [1.82, 2.24) is 30.6 Å². The van der Waals surface area contributed by atoms with Crippen molar-refractivity contribution in [3.63, 3.8) is 0 Å². The van der Waals surface area contributed by atoms with Crippen LogP contribution in [0.2, 0.25) is 0 Å². The predicted octanol–water partition coefficient (Wildman–Crippen LogP) is 2.97. The number of rotatable bonds is 7. The van der Waals surface area contributed by atoms with Crippen LogP contribution in [0.5, 0.6) is 0 Å². The lowest BCUT2D eigenvalue weighted by molar-refractivity contribution is 0.930. The molecule has 4 N–H and O–H groups in total. The molecular weight excluding hydrogens is 404 g/mol. The third-order valence-electron chi connectivity index (χ3n) is 3.98. The molecule has 8 nitrogen and oxygen atoms in total. The minimum atomic E-state index is 0.504. The number of aliphatic imine (C=N–C) groups is 1. The molecule has 0 aliphatic carbocycles. The van der Waals surface area contributed by atoms with E-state index in [1.54, 1.807) is 42.8 Å². The summed E-state index contributed by atoms with van der Waals surface area (Å²) < 4.78 is 0. The topological polar surface area (TPSA) is 118 Å². The van der Waals surface area contributed by atoms with E-state index in [0.717, 1.165) is 35.9 Å². The molecule has 3 aromatic rings. The number of nitrogens with one attached hydrogen (secondary N) is 4. The monoisotopic (exact) mass is 430 g/mol. The van der Waals surface area contributed by atoms with Gasteiger partial charge in [-0.1, -0.05) is 0 Å². The fourth-order valence-electron chi connectivity index (χ4n) is 2.31. The number of hydrogen-bond donors (Lipinski definition) is 4. The largest absolute Gasteiger partial charge is 0.355 e. The Balaban J connectivity index is 0.000000218. The van der Waals surface area contributed by atoms with Crippen LogP contribution in [0, 0.1) is 25.3 Å². The maximum Gasteiger partial charge on any atom is 0.204 e. The number of hydrogen-bond acceptors (Lipinski definition) is 6. The van der Waals surface area contributed by atoms with Gasteiger partial charge in [0.05, 0.1) is 18.3 Å². The van der Waals surface area contributed by atoms with Gasteiger partial charge in [0.25, 0.3) is 0 Å². The summed E-state index contributed by atoms with van der Waals surface area (Å²) in [4.78, 5) is 19.6. The number of nitrogens with zero attached hydrogens (tertiary/aromatic N) is 4. The molecule has 154 valence electrons. The molecule has 0 aliphatic rings. The van der Waals surface area contributed by atoms with Crippen molar-refractivity contribution in [1.29, 1.82) is 5.26 Å². The van der Waals surface area contributed by atoms with Crippen LogP contribution in [0.4, 0.5) is 0 Å². The molecule has 0 saturated heterocycles. The smallest absolute Gasteiger partial charge is 0.204 e. The van der Waals surface area contributed by atoms with Gasteiger partial charge in [-0.3, -0.25) is 10.3 Å². The molecule has 10 heteroatoms. The van der Waals surface area contributed by atoms with Crippen molar-refractivity contribution in [2.45, 2.75) is 26.0 Å². The van der Waals surface area contributed by atoms with Gasteiger partial charge in [-0.15, -0.1) is 11.3 Å². The van der Waals surface area contributed by atoms with E-state index in [4.69, 9.17) is 5.26 Å². The van der Waals surface area contributed by atoms with Crippen molar-refractivity contribution < 1.29 is 0 Å². The summed E-state index contributed by atoms with van der Waals surface area (Å²) in [5.41, 5.74) is 4.76. The molecule has 0 radical (unpaired) electrons. The summed E-state index contributed by atoms with van der Waals surface area (Å²) in [6.07, 6.45) is 8.11. The van der Waals surface area contributed by atoms with E-state index in [0.29, 0.717) is 5.96 Å². The zero-order valence-corrected chi connectivity index (χ0v) is 18.5. The van der Waals surface area contributed by atoms with Crippen LogP contribution in [-0.2, 0) is 12.2 Å². The first-order valence-corrected chi connectivity index (χ1v) is 11.1. The molecule has 0 bridgehead atoms. The standard InChI is InChI=1S/C10H16N6S.C9H10N2S/c1-8-9(16-7-15-8)5-17-4-3-13-10(12-2)14-6-11;1-7-2-3-12-9(7)4-8-5-10-6-11-8/h7H,3-5H2,1-2H3,(H,15,16)(H2,12,13,14);2-3,5-6H,4H2,1H3,(H,10,11). The van der Waals surface area contributed by atoms with Gasteiger partial charge >= 0.3 is 0 Å². The van der Waals surface area contributed by atoms with Crippen molar-refractivity contribution in [3.8, 4) is 6.19 Å². The molecule has 29 heavy (non-hydrogen) atoms. The lowest BCUT2D eigenvalue weighted by Crippen LogP contribution is -2.35. The number of guanidine groups is 1. The minimum absolute atomic E-state index is 0.504. The first-order valence-electron chi connectivity index (χ1n) is 9.06. The Kier molecular flexibility index (Phi) is 9.82. The van der Waals surface area contributed by atoms with E-state index in [1.807, 2.05) is 19.3 Å². The second-order valence-corrected chi connectivity index (χ2v) is 8.15. The van der Waals surface area contributed by atoms with E-state index in [9.17, 15) is 0 Å². The van der Waals surface area contributed by atoms with Gasteiger partial charge in [-0.2, -0.15) is 17.0 Å². The molecule has 0 saturated carbocycles. The second kappa shape index (κ2) is 12.6. The summed E-state index contributed by atoms with van der Waals surface area (Å²) in [7, 11) is 1.63. The fraction of sp³-hybridized carbons (Fsp3) is 0.368. The lowest BCUT2D eigenvalue weighted by atomic mass is 10.2. The highest BCUT2D eigenvalue weighted by atomic mass is 32.2. The van der Waals surface area contributed by atoms with Crippen LogP contribution in [0.15, 0.2) is 35.3 Å². The molecule has 3 aromatic heterocycles. The van der Waals surface area contributed by atoms with E-state index in [1.165, 1.54) is 16.1 Å². The normalized spacial score (nSPS) is 10.8. The zero-order chi connectivity index (χ0) is 20.9. The van der Waals surface area contributed by atoms with Crippen LogP contribution in [0.25, 0.3) is 0 Å². The Labute approximate surface area is 179 Å². The first-order chi connectivity index (χ1) is 14.1. The van der Waals surface area contributed by atoms with Crippen LogP contribution in [-0.4, -0.2) is 45.2 Å². The zero-order valence-electron chi connectivity index (χ0n) is 16.8. The average molecular weight is 431 g/mol. The molecule has 3 rings (SSSR count). The van der Waals surface area contributed by atoms with Gasteiger partial charge in [0.1, 0.15) is 0 Å². The highest BCUT2D eigenvalue weighted by Gasteiger charge is 2.02. The number of aryl methyl sites for hydroxylation is 2. The fourth-order valence-corrected chi connectivity index (χ4v) is 4.12. The molecule has 3 heterocycles. The Morgan fingerprint density at radius 3 is 2.79 bits per heavy atom. The summed E-state index contributed by atoms with van der Waals surface area (Å²) in [5, 5.41) is 16.0. The van der Waals surface area contributed by atoms with E-state index >= 15 is 0 Å². The number of nitriles is 1. The quantitative estimate of drug-likeness (QED) is 0.150. The molecular formula is C19H26N8S2. The van der Waals surface area contributed by atoms with E-state index in [-0.39, 0.29) is 0 Å². The molecule has 0 unspecified atom stereocenters. The van der Waals surface area contributed by atoms with Crippen LogP contribution < -0.4 is 10.6 Å². The predicted molar refractivity (Wildman–Crippen MR) is 120 cm³/mol. The lowest BCUT2D eigenvalue weighted by Gasteiger charge is -2.06. The van der Waals surface area contributed by atoms with Gasteiger partial charge in [-0.05, 0) is 30.9 Å². The first kappa shape index (κ1) is 22.5. The molecule has 0 aromatic carbocycles. The minimum Gasteiger partial charge on any atom is -0.355 e. The van der Waals surface area contributed by atoms with Crippen molar-refractivity contribution in [2.75, 3.05) is 19.3 Å². The van der Waals surface area contributed by atoms with Gasteiger partial charge in [0.15, 0.2) is 6.19 Å². The number of aromatic nitrogens is 4. The van der Waals surface area contributed by atoms with Crippen molar-refractivity contribution in [2.24, 2.45) is 4.99 Å². The van der Waals surface area contributed by atoms with Gasteiger partial charge in [0.2, 0.25) is 5.96 Å². The molecule has 0 amide bonds. The van der Waals surface area contributed by atoms with Gasteiger partial charge in [-0.25, -0.2) is 9.97 Å². The number of imidazole rings is 2. The molecule has 0 spiro atoms. The number of aromatic amines is 2. The Hall–Kier alpha value is -2.77. The van der Waals surface area contributed by atoms with Gasteiger partial charge < -0.3 is 15.3 Å². The van der Waals surface area contributed by atoms with Crippen LogP contribution >= 0.6 is 23.1 Å². The summed E-state index contributed by atoms with van der Waals surface area (Å²) in [6, 6.07) is 2.15. The number of thiophene rings is 1. The number of H-pyrrole nitrogens is 2. The maximum absolute atomic E-state index is 8.43. The second-order valence-electron chi connectivity index (χ2n) is 6.04.